The molecule has 1 aliphatic heterocycles. The first-order valence-electron chi connectivity index (χ1n) is 4.23. The fourth-order valence-electron chi connectivity index (χ4n) is 1.46. The summed E-state index contributed by atoms with van der Waals surface area (Å²) >= 11 is 3.96. The minimum Gasteiger partial charge on any atom is -0.388 e. The molecule has 1 fully saturated rings. The normalized spacial score (nSPS) is 31.5. The van der Waals surface area contributed by atoms with Crippen LogP contribution in [-0.4, -0.2) is 30.3 Å². The standard InChI is InChI=1S/C7H16N2OS2/c10-7(6-9-12-11)2-1-4-8-5-3-7/h8-11H,1-6H2. The highest BCUT2D eigenvalue weighted by molar-refractivity contribution is 8.67. The van der Waals surface area contributed by atoms with E-state index in [1.54, 1.807) is 0 Å². The summed E-state index contributed by atoms with van der Waals surface area (Å²) in [6.45, 7) is 2.56. The van der Waals surface area contributed by atoms with Crippen LogP contribution in [0.3, 0.4) is 0 Å². The molecule has 72 valence electrons. The maximum Gasteiger partial charge on any atom is 0.0793 e. The van der Waals surface area contributed by atoms with E-state index in [9.17, 15) is 5.11 Å². The van der Waals surface area contributed by atoms with Crippen molar-refractivity contribution in [3.8, 4) is 0 Å². The van der Waals surface area contributed by atoms with Crippen molar-refractivity contribution in [3.05, 3.63) is 0 Å². The summed E-state index contributed by atoms with van der Waals surface area (Å²) in [5, 5.41) is 13.3. The molecule has 12 heavy (non-hydrogen) atoms. The molecule has 0 aromatic rings. The van der Waals surface area contributed by atoms with Crippen molar-refractivity contribution in [2.45, 2.75) is 24.9 Å². The molecular weight excluding hydrogens is 192 g/mol. The molecule has 0 aromatic heterocycles. The molecule has 3 nitrogen and oxygen atoms in total. The number of hydrogen-bond donors (Lipinski definition) is 4. The van der Waals surface area contributed by atoms with E-state index in [-0.39, 0.29) is 0 Å². The quantitative estimate of drug-likeness (QED) is 0.311. The summed E-state index contributed by atoms with van der Waals surface area (Å²) in [7, 11) is 1.26. The highest BCUT2D eigenvalue weighted by Crippen LogP contribution is 2.19. The average molecular weight is 208 g/mol. The molecule has 0 radical (unpaired) electrons. The van der Waals surface area contributed by atoms with Gasteiger partial charge < -0.3 is 10.4 Å². The van der Waals surface area contributed by atoms with Gasteiger partial charge in [0.25, 0.3) is 0 Å². The van der Waals surface area contributed by atoms with Crippen molar-refractivity contribution < 1.29 is 5.11 Å². The number of hydrogen-bond acceptors (Lipinski definition) is 5. The first kappa shape index (κ1) is 10.7. The molecule has 0 aromatic carbocycles. The Hall–Kier alpha value is 0.580. The predicted molar refractivity (Wildman–Crippen MR) is 56.3 cm³/mol. The summed E-state index contributed by atoms with van der Waals surface area (Å²) in [5.41, 5.74) is -0.529. The van der Waals surface area contributed by atoms with Gasteiger partial charge in [-0.3, -0.25) is 4.72 Å². The Morgan fingerprint density at radius 1 is 1.50 bits per heavy atom. The Morgan fingerprint density at radius 3 is 3.08 bits per heavy atom. The van der Waals surface area contributed by atoms with E-state index in [2.05, 4.69) is 21.7 Å². The molecule has 1 saturated heterocycles. The molecule has 0 saturated carbocycles. The van der Waals surface area contributed by atoms with Crippen LogP contribution in [0.25, 0.3) is 0 Å². The number of rotatable bonds is 3. The monoisotopic (exact) mass is 208 g/mol. The Kier molecular flexibility index (Phi) is 4.74. The van der Waals surface area contributed by atoms with E-state index in [4.69, 9.17) is 0 Å². The van der Waals surface area contributed by atoms with Gasteiger partial charge in [0, 0.05) is 6.54 Å². The minimum atomic E-state index is -0.529. The van der Waals surface area contributed by atoms with Crippen LogP contribution in [0.5, 0.6) is 0 Å². The van der Waals surface area contributed by atoms with Crippen molar-refractivity contribution in [2.75, 3.05) is 19.6 Å². The van der Waals surface area contributed by atoms with E-state index >= 15 is 0 Å². The van der Waals surface area contributed by atoms with Gasteiger partial charge in [0.1, 0.15) is 0 Å². The Labute approximate surface area is 82.6 Å². The molecule has 1 rings (SSSR count). The number of aliphatic hydroxyl groups is 1. The first-order chi connectivity index (χ1) is 5.77. The van der Waals surface area contributed by atoms with Crippen molar-refractivity contribution in [1.29, 1.82) is 0 Å². The molecule has 1 unspecified atom stereocenters. The maximum absolute atomic E-state index is 10.0. The second-order valence-electron chi connectivity index (χ2n) is 3.24. The lowest BCUT2D eigenvalue weighted by Gasteiger charge is -2.25. The summed E-state index contributed by atoms with van der Waals surface area (Å²) in [6.07, 6.45) is 2.76. The summed E-state index contributed by atoms with van der Waals surface area (Å²) in [4.78, 5) is 0. The zero-order valence-corrected chi connectivity index (χ0v) is 8.76. The zero-order chi connectivity index (χ0) is 8.86. The lowest BCUT2D eigenvalue weighted by atomic mass is 9.95. The lowest BCUT2D eigenvalue weighted by molar-refractivity contribution is 0.0342. The molecule has 0 bridgehead atoms. The topological polar surface area (TPSA) is 44.3 Å². The second-order valence-corrected chi connectivity index (χ2v) is 4.26. The molecule has 0 aliphatic carbocycles. The smallest absolute Gasteiger partial charge is 0.0793 e. The van der Waals surface area contributed by atoms with Gasteiger partial charge in [-0.25, -0.2) is 0 Å². The van der Waals surface area contributed by atoms with Gasteiger partial charge in [0.05, 0.1) is 5.60 Å². The first-order valence-corrected chi connectivity index (χ1v) is 6.10. The van der Waals surface area contributed by atoms with Crippen molar-refractivity contribution in [3.63, 3.8) is 0 Å². The molecule has 1 heterocycles. The highest BCUT2D eigenvalue weighted by atomic mass is 33.1. The van der Waals surface area contributed by atoms with Gasteiger partial charge >= 0.3 is 0 Å². The summed E-state index contributed by atoms with van der Waals surface area (Å²) in [6, 6.07) is 0. The predicted octanol–water partition coefficient (Wildman–Crippen LogP) is 0.574. The summed E-state index contributed by atoms with van der Waals surface area (Å²) < 4.78 is 2.99. The fraction of sp³-hybridized carbons (Fsp3) is 1.00. The molecule has 5 heteroatoms. The molecular formula is C7H16N2OS2. The van der Waals surface area contributed by atoms with Crippen LogP contribution in [0.2, 0.25) is 0 Å². The van der Waals surface area contributed by atoms with Gasteiger partial charge in [0.2, 0.25) is 0 Å². The van der Waals surface area contributed by atoms with Crippen molar-refractivity contribution >= 4 is 22.6 Å². The van der Waals surface area contributed by atoms with Crippen LogP contribution in [0.15, 0.2) is 0 Å². The molecule has 1 atom stereocenters. The van der Waals surface area contributed by atoms with E-state index in [1.807, 2.05) is 0 Å². The second kappa shape index (κ2) is 5.34. The van der Waals surface area contributed by atoms with Crippen LogP contribution < -0.4 is 10.0 Å². The van der Waals surface area contributed by atoms with Gasteiger partial charge in [0.15, 0.2) is 0 Å². The average Bonchev–Trinajstić information content (AvgIpc) is 2.27. The Bertz CT molecular complexity index is 127. The van der Waals surface area contributed by atoms with Crippen LogP contribution in [0, 0.1) is 0 Å². The molecule has 0 spiro atoms. The SMILES string of the molecule is OC1(CNSS)CCCNCC1. The number of thiol groups is 1. The van der Waals surface area contributed by atoms with Gasteiger partial charge in [-0.05, 0) is 43.3 Å². The maximum atomic E-state index is 10.0. The largest absolute Gasteiger partial charge is 0.388 e. The van der Waals surface area contributed by atoms with E-state index in [1.165, 1.54) is 11.0 Å². The Morgan fingerprint density at radius 2 is 2.33 bits per heavy atom. The molecule has 0 amide bonds. The minimum absolute atomic E-state index is 0.529. The summed E-state index contributed by atoms with van der Waals surface area (Å²) in [5.74, 6) is 0. The van der Waals surface area contributed by atoms with Crippen LogP contribution in [-0.2, 0) is 0 Å². The van der Waals surface area contributed by atoms with Crippen LogP contribution >= 0.6 is 22.6 Å². The number of nitrogens with one attached hydrogen (secondary N) is 2. The van der Waals surface area contributed by atoms with Gasteiger partial charge in [-0.2, -0.15) is 0 Å². The third kappa shape index (κ3) is 3.53. The third-order valence-electron chi connectivity index (χ3n) is 2.23. The highest BCUT2D eigenvalue weighted by Gasteiger charge is 2.27. The fourth-order valence-corrected chi connectivity index (χ4v) is 1.98. The van der Waals surface area contributed by atoms with E-state index in [0.717, 1.165) is 32.4 Å². The lowest BCUT2D eigenvalue weighted by Crippen LogP contribution is -2.38. The van der Waals surface area contributed by atoms with Crippen LogP contribution in [0.4, 0.5) is 0 Å². The zero-order valence-electron chi connectivity index (χ0n) is 7.05. The van der Waals surface area contributed by atoms with Gasteiger partial charge in [-0.15, -0.1) is 0 Å². The van der Waals surface area contributed by atoms with Gasteiger partial charge in [-0.1, -0.05) is 11.7 Å². The van der Waals surface area contributed by atoms with Crippen LogP contribution in [0.1, 0.15) is 19.3 Å². The van der Waals surface area contributed by atoms with Crippen molar-refractivity contribution in [1.82, 2.24) is 10.0 Å². The molecule has 3 N–H and O–H groups in total. The Balaban J connectivity index is 2.32. The third-order valence-corrected chi connectivity index (χ3v) is 2.89. The molecule has 1 aliphatic rings. The van der Waals surface area contributed by atoms with E-state index in [0.29, 0.717) is 6.54 Å². The van der Waals surface area contributed by atoms with Crippen molar-refractivity contribution in [2.24, 2.45) is 0 Å². The van der Waals surface area contributed by atoms with E-state index < -0.39 is 5.60 Å².